The van der Waals surface area contributed by atoms with Crippen molar-refractivity contribution in [2.75, 3.05) is 43.0 Å². The van der Waals surface area contributed by atoms with Gasteiger partial charge in [0, 0.05) is 31.5 Å². The predicted molar refractivity (Wildman–Crippen MR) is 84.5 cm³/mol. The fourth-order valence-electron chi connectivity index (χ4n) is 2.55. The molecular weight excluding hydrogens is 324 g/mol. The zero-order valence-electron chi connectivity index (χ0n) is 10.8. The lowest BCUT2D eigenvalue weighted by Gasteiger charge is -2.22. The first-order valence-electron chi connectivity index (χ1n) is 6.60. The standard InChI is InChI=1S/C13H17BrN4S/c14-3-6-17-4-1-5-18(8-7-17)12-11-2-9-19-13(11)16-10-15-12/h2,9-10H,1,3-8H2. The summed E-state index contributed by atoms with van der Waals surface area (Å²) in [5.74, 6) is 1.10. The smallest absolute Gasteiger partial charge is 0.140 e. The molecule has 0 aliphatic carbocycles. The summed E-state index contributed by atoms with van der Waals surface area (Å²) in [6, 6.07) is 2.14. The van der Waals surface area contributed by atoms with Crippen LogP contribution in [0.4, 0.5) is 5.82 Å². The number of hydrogen-bond donors (Lipinski definition) is 0. The van der Waals surface area contributed by atoms with Crippen LogP contribution in [-0.4, -0.2) is 52.9 Å². The zero-order valence-corrected chi connectivity index (χ0v) is 13.2. The minimum atomic E-state index is 1.05. The van der Waals surface area contributed by atoms with Crippen molar-refractivity contribution < 1.29 is 0 Å². The molecule has 1 fully saturated rings. The van der Waals surface area contributed by atoms with Gasteiger partial charge in [0.05, 0.1) is 5.39 Å². The molecule has 1 saturated heterocycles. The molecule has 3 heterocycles. The van der Waals surface area contributed by atoms with E-state index in [1.54, 1.807) is 17.7 Å². The van der Waals surface area contributed by atoms with Crippen molar-refractivity contribution >= 4 is 43.3 Å². The maximum absolute atomic E-state index is 4.51. The highest BCUT2D eigenvalue weighted by Crippen LogP contribution is 2.27. The van der Waals surface area contributed by atoms with E-state index in [1.165, 1.54) is 18.4 Å². The van der Waals surface area contributed by atoms with Crippen LogP contribution in [0.2, 0.25) is 0 Å². The molecule has 6 heteroatoms. The molecule has 0 N–H and O–H groups in total. The van der Waals surface area contributed by atoms with Gasteiger partial charge in [0.25, 0.3) is 0 Å². The van der Waals surface area contributed by atoms with Crippen LogP contribution >= 0.6 is 27.3 Å². The molecule has 19 heavy (non-hydrogen) atoms. The molecule has 0 unspecified atom stereocenters. The van der Waals surface area contributed by atoms with E-state index in [4.69, 9.17) is 0 Å². The maximum Gasteiger partial charge on any atom is 0.140 e. The Balaban J connectivity index is 1.80. The molecule has 0 aromatic carbocycles. The normalized spacial score (nSPS) is 17.8. The van der Waals surface area contributed by atoms with Crippen LogP contribution in [-0.2, 0) is 0 Å². The highest BCUT2D eigenvalue weighted by molar-refractivity contribution is 9.09. The molecular formula is C13H17BrN4S. The minimum Gasteiger partial charge on any atom is -0.355 e. The number of anilines is 1. The van der Waals surface area contributed by atoms with Crippen molar-refractivity contribution in [3.05, 3.63) is 17.8 Å². The number of rotatable bonds is 3. The minimum absolute atomic E-state index is 1.05. The number of fused-ring (bicyclic) bond motifs is 1. The van der Waals surface area contributed by atoms with Crippen molar-refractivity contribution in [1.29, 1.82) is 0 Å². The molecule has 3 rings (SSSR count). The summed E-state index contributed by atoms with van der Waals surface area (Å²) < 4.78 is 0. The summed E-state index contributed by atoms with van der Waals surface area (Å²) in [5, 5.41) is 4.34. The molecule has 2 aromatic rings. The lowest BCUT2D eigenvalue weighted by molar-refractivity contribution is 0.313. The Labute approximate surface area is 125 Å². The number of nitrogens with zero attached hydrogens (tertiary/aromatic N) is 4. The van der Waals surface area contributed by atoms with Gasteiger partial charge in [-0.05, 0) is 24.4 Å². The predicted octanol–water partition coefficient (Wildman–Crippen LogP) is 2.60. The fourth-order valence-corrected chi connectivity index (χ4v) is 3.78. The molecule has 0 atom stereocenters. The summed E-state index contributed by atoms with van der Waals surface area (Å²) in [5.41, 5.74) is 0. The Morgan fingerprint density at radius 2 is 2.16 bits per heavy atom. The fraction of sp³-hybridized carbons (Fsp3) is 0.538. The first-order valence-corrected chi connectivity index (χ1v) is 8.60. The second-order valence-electron chi connectivity index (χ2n) is 4.71. The molecule has 1 aliphatic heterocycles. The summed E-state index contributed by atoms with van der Waals surface area (Å²) in [4.78, 5) is 14.8. The number of alkyl halides is 1. The third-order valence-electron chi connectivity index (χ3n) is 3.53. The second-order valence-corrected chi connectivity index (χ2v) is 6.40. The van der Waals surface area contributed by atoms with E-state index >= 15 is 0 Å². The third-order valence-corrected chi connectivity index (χ3v) is 4.70. The number of hydrogen-bond acceptors (Lipinski definition) is 5. The molecule has 0 bridgehead atoms. The van der Waals surface area contributed by atoms with Gasteiger partial charge < -0.3 is 9.80 Å². The number of aromatic nitrogens is 2. The van der Waals surface area contributed by atoms with Gasteiger partial charge in [-0.1, -0.05) is 15.9 Å². The summed E-state index contributed by atoms with van der Waals surface area (Å²) in [7, 11) is 0. The van der Waals surface area contributed by atoms with E-state index in [0.717, 1.165) is 42.2 Å². The van der Waals surface area contributed by atoms with Crippen LogP contribution < -0.4 is 4.90 Å². The topological polar surface area (TPSA) is 32.3 Å². The van der Waals surface area contributed by atoms with Crippen LogP contribution in [0.25, 0.3) is 10.2 Å². The highest BCUT2D eigenvalue weighted by Gasteiger charge is 2.17. The summed E-state index contributed by atoms with van der Waals surface area (Å²) in [6.07, 6.45) is 2.89. The quantitative estimate of drug-likeness (QED) is 0.804. The Bertz CT molecular complexity index is 544. The van der Waals surface area contributed by atoms with Gasteiger partial charge >= 0.3 is 0 Å². The van der Waals surface area contributed by atoms with E-state index in [2.05, 4.69) is 47.1 Å². The van der Waals surface area contributed by atoms with Crippen molar-refractivity contribution in [1.82, 2.24) is 14.9 Å². The van der Waals surface area contributed by atoms with Gasteiger partial charge in [-0.3, -0.25) is 0 Å². The van der Waals surface area contributed by atoms with E-state index in [0.29, 0.717) is 0 Å². The highest BCUT2D eigenvalue weighted by atomic mass is 79.9. The van der Waals surface area contributed by atoms with Crippen molar-refractivity contribution in [3.63, 3.8) is 0 Å². The monoisotopic (exact) mass is 340 g/mol. The third kappa shape index (κ3) is 2.90. The first-order chi connectivity index (χ1) is 9.38. The molecule has 102 valence electrons. The zero-order chi connectivity index (χ0) is 13.1. The van der Waals surface area contributed by atoms with E-state index < -0.39 is 0 Å². The lowest BCUT2D eigenvalue weighted by Crippen LogP contribution is -2.32. The molecule has 0 radical (unpaired) electrons. The van der Waals surface area contributed by atoms with Crippen LogP contribution in [0.3, 0.4) is 0 Å². The van der Waals surface area contributed by atoms with Crippen molar-refractivity contribution in [3.8, 4) is 0 Å². The van der Waals surface area contributed by atoms with Crippen molar-refractivity contribution in [2.24, 2.45) is 0 Å². The van der Waals surface area contributed by atoms with Gasteiger partial charge in [0.2, 0.25) is 0 Å². The van der Waals surface area contributed by atoms with Crippen LogP contribution in [0.1, 0.15) is 6.42 Å². The Morgan fingerprint density at radius 3 is 3.05 bits per heavy atom. The van der Waals surface area contributed by atoms with Gasteiger partial charge in [-0.25, -0.2) is 9.97 Å². The molecule has 0 saturated carbocycles. The van der Waals surface area contributed by atoms with E-state index in [1.807, 2.05) is 0 Å². The average molecular weight is 341 g/mol. The number of halogens is 1. The Kier molecular flexibility index (Phi) is 4.30. The molecule has 1 aliphatic rings. The van der Waals surface area contributed by atoms with E-state index in [-0.39, 0.29) is 0 Å². The second kappa shape index (κ2) is 6.15. The summed E-state index contributed by atoms with van der Waals surface area (Å²) >= 11 is 5.21. The first kappa shape index (κ1) is 13.3. The largest absolute Gasteiger partial charge is 0.355 e. The average Bonchev–Trinajstić information content (AvgIpc) is 2.79. The molecule has 0 amide bonds. The van der Waals surface area contributed by atoms with Gasteiger partial charge in [-0.2, -0.15) is 0 Å². The van der Waals surface area contributed by atoms with Crippen LogP contribution in [0.5, 0.6) is 0 Å². The summed E-state index contributed by atoms with van der Waals surface area (Å²) in [6.45, 7) is 5.56. The molecule has 4 nitrogen and oxygen atoms in total. The number of thiophene rings is 1. The van der Waals surface area contributed by atoms with Crippen LogP contribution in [0.15, 0.2) is 17.8 Å². The maximum atomic E-state index is 4.51. The lowest BCUT2D eigenvalue weighted by atomic mass is 10.3. The van der Waals surface area contributed by atoms with Crippen molar-refractivity contribution in [2.45, 2.75) is 6.42 Å². The van der Waals surface area contributed by atoms with Gasteiger partial charge in [0.15, 0.2) is 0 Å². The van der Waals surface area contributed by atoms with Crippen LogP contribution in [0, 0.1) is 0 Å². The molecule has 0 spiro atoms. The Hall–Kier alpha value is -0.720. The Morgan fingerprint density at radius 1 is 1.21 bits per heavy atom. The SMILES string of the molecule is BrCCN1CCCN(c2ncnc3sccc23)CC1. The van der Waals surface area contributed by atoms with E-state index in [9.17, 15) is 0 Å². The van der Waals surface area contributed by atoms with Gasteiger partial charge in [-0.15, -0.1) is 11.3 Å². The van der Waals surface area contributed by atoms with Gasteiger partial charge in [0.1, 0.15) is 17.0 Å². The molecule has 2 aromatic heterocycles.